The fourth-order valence-corrected chi connectivity index (χ4v) is 1.84. The van der Waals surface area contributed by atoms with E-state index in [1.807, 2.05) is 48.5 Å². The van der Waals surface area contributed by atoms with E-state index in [0.717, 1.165) is 17.7 Å². The summed E-state index contributed by atoms with van der Waals surface area (Å²) in [5, 5.41) is 2.82. The standard InChI is InChI=1S/C17H18N2O/c1-2-13-6-9-16(10-7-13)19-17(20)11-8-14-4-3-5-15(18)12-14/h3-12H,2,18H2,1H3,(H,19,20)/b11-8+. The molecule has 2 aromatic rings. The molecule has 1 amide bonds. The number of benzene rings is 2. The van der Waals surface area contributed by atoms with Crippen LogP contribution in [0, 0.1) is 0 Å². The summed E-state index contributed by atoms with van der Waals surface area (Å²) in [6, 6.07) is 15.2. The van der Waals surface area contributed by atoms with E-state index in [0.29, 0.717) is 5.69 Å². The molecule has 0 atom stereocenters. The monoisotopic (exact) mass is 266 g/mol. The van der Waals surface area contributed by atoms with Gasteiger partial charge in [0.05, 0.1) is 0 Å². The van der Waals surface area contributed by atoms with Crippen molar-refractivity contribution < 1.29 is 4.79 Å². The molecule has 0 spiro atoms. The fourth-order valence-electron chi connectivity index (χ4n) is 1.84. The highest BCUT2D eigenvalue weighted by Gasteiger charge is 1.98. The van der Waals surface area contributed by atoms with Crippen molar-refractivity contribution in [2.24, 2.45) is 0 Å². The highest BCUT2D eigenvalue weighted by Crippen LogP contribution is 2.11. The van der Waals surface area contributed by atoms with Crippen LogP contribution in [0.2, 0.25) is 0 Å². The van der Waals surface area contributed by atoms with Crippen LogP contribution in [0.15, 0.2) is 54.6 Å². The van der Waals surface area contributed by atoms with Gasteiger partial charge in [0.15, 0.2) is 0 Å². The van der Waals surface area contributed by atoms with Crippen molar-refractivity contribution in [3.8, 4) is 0 Å². The Bertz CT molecular complexity index is 615. The lowest BCUT2D eigenvalue weighted by molar-refractivity contribution is -0.111. The number of hydrogen-bond acceptors (Lipinski definition) is 2. The Morgan fingerprint density at radius 1 is 1.20 bits per heavy atom. The van der Waals surface area contributed by atoms with Crippen LogP contribution in [0.25, 0.3) is 6.08 Å². The zero-order valence-electron chi connectivity index (χ0n) is 11.5. The molecule has 0 saturated heterocycles. The average Bonchev–Trinajstić information content (AvgIpc) is 2.46. The smallest absolute Gasteiger partial charge is 0.248 e. The molecule has 102 valence electrons. The summed E-state index contributed by atoms with van der Waals surface area (Å²) in [7, 11) is 0. The summed E-state index contributed by atoms with van der Waals surface area (Å²) < 4.78 is 0. The van der Waals surface area contributed by atoms with E-state index in [4.69, 9.17) is 5.73 Å². The van der Waals surface area contributed by atoms with Gasteiger partial charge >= 0.3 is 0 Å². The fraction of sp³-hybridized carbons (Fsp3) is 0.118. The quantitative estimate of drug-likeness (QED) is 0.657. The van der Waals surface area contributed by atoms with E-state index in [1.54, 1.807) is 6.08 Å². The van der Waals surface area contributed by atoms with Crippen LogP contribution in [-0.4, -0.2) is 5.91 Å². The highest BCUT2D eigenvalue weighted by atomic mass is 16.1. The summed E-state index contributed by atoms with van der Waals surface area (Å²) in [4.78, 5) is 11.8. The first-order chi connectivity index (χ1) is 9.67. The number of anilines is 2. The number of nitrogens with two attached hydrogens (primary N) is 1. The number of aryl methyl sites for hydroxylation is 1. The first-order valence-electron chi connectivity index (χ1n) is 6.61. The Labute approximate surface area is 119 Å². The molecule has 3 heteroatoms. The summed E-state index contributed by atoms with van der Waals surface area (Å²) in [6.45, 7) is 2.10. The predicted molar refractivity (Wildman–Crippen MR) is 84.3 cm³/mol. The van der Waals surface area contributed by atoms with Crippen molar-refractivity contribution in [3.63, 3.8) is 0 Å². The largest absolute Gasteiger partial charge is 0.399 e. The minimum atomic E-state index is -0.156. The molecule has 2 aromatic carbocycles. The van der Waals surface area contributed by atoms with Crippen molar-refractivity contribution in [1.82, 2.24) is 0 Å². The van der Waals surface area contributed by atoms with E-state index in [1.165, 1.54) is 11.6 Å². The Morgan fingerprint density at radius 3 is 2.60 bits per heavy atom. The van der Waals surface area contributed by atoms with Crippen LogP contribution in [-0.2, 0) is 11.2 Å². The van der Waals surface area contributed by atoms with Crippen LogP contribution < -0.4 is 11.1 Å². The minimum absolute atomic E-state index is 0.156. The molecule has 0 aliphatic carbocycles. The number of carbonyl (C=O) groups excluding carboxylic acids is 1. The zero-order valence-corrected chi connectivity index (χ0v) is 11.5. The molecule has 0 aliphatic heterocycles. The van der Waals surface area contributed by atoms with Gasteiger partial charge in [-0.15, -0.1) is 0 Å². The van der Waals surface area contributed by atoms with Gasteiger partial charge in [0.2, 0.25) is 5.91 Å². The first-order valence-corrected chi connectivity index (χ1v) is 6.61. The molecule has 0 fully saturated rings. The maximum absolute atomic E-state index is 11.8. The van der Waals surface area contributed by atoms with Crippen molar-refractivity contribution in [2.45, 2.75) is 13.3 Å². The Balaban J connectivity index is 1.98. The van der Waals surface area contributed by atoms with Gasteiger partial charge in [0.1, 0.15) is 0 Å². The zero-order chi connectivity index (χ0) is 14.4. The van der Waals surface area contributed by atoms with Crippen molar-refractivity contribution >= 4 is 23.4 Å². The van der Waals surface area contributed by atoms with Gasteiger partial charge in [-0.1, -0.05) is 31.2 Å². The van der Waals surface area contributed by atoms with Crippen molar-refractivity contribution in [2.75, 3.05) is 11.1 Å². The third kappa shape index (κ3) is 3.99. The van der Waals surface area contributed by atoms with Gasteiger partial charge in [-0.2, -0.15) is 0 Å². The first kappa shape index (κ1) is 13.9. The molecule has 0 heterocycles. The molecule has 0 aromatic heterocycles. The van der Waals surface area contributed by atoms with E-state index in [-0.39, 0.29) is 5.91 Å². The van der Waals surface area contributed by atoms with E-state index in [2.05, 4.69) is 12.2 Å². The second-order valence-corrected chi connectivity index (χ2v) is 4.54. The molecule has 3 nitrogen and oxygen atoms in total. The van der Waals surface area contributed by atoms with Crippen LogP contribution in [0.5, 0.6) is 0 Å². The normalized spacial score (nSPS) is 10.7. The Morgan fingerprint density at radius 2 is 1.95 bits per heavy atom. The molecule has 0 saturated carbocycles. The van der Waals surface area contributed by atoms with Gasteiger partial charge in [0, 0.05) is 17.5 Å². The molecule has 0 bridgehead atoms. The van der Waals surface area contributed by atoms with Crippen LogP contribution in [0.4, 0.5) is 11.4 Å². The van der Waals surface area contributed by atoms with Gasteiger partial charge in [0.25, 0.3) is 0 Å². The predicted octanol–water partition coefficient (Wildman–Crippen LogP) is 3.48. The number of hydrogen-bond donors (Lipinski definition) is 2. The maximum atomic E-state index is 11.8. The topological polar surface area (TPSA) is 55.1 Å². The Kier molecular flexibility index (Phi) is 4.56. The third-order valence-corrected chi connectivity index (χ3v) is 2.97. The number of amides is 1. The maximum Gasteiger partial charge on any atom is 0.248 e. The average molecular weight is 266 g/mol. The van der Waals surface area contributed by atoms with Gasteiger partial charge < -0.3 is 11.1 Å². The second kappa shape index (κ2) is 6.57. The molecule has 0 unspecified atom stereocenters. The van der Waals surface area contributed by atoms with Gasteiger partial charge in [-0.25, -0.2) is 0 Å². The lowest BCUT2D eigenvalue weighted by atomic mass is 10.1. The molecular weight excluding hydrogens is 248 g/mol. The van der Waals surface area contributed by atoms with Crippen molar-refractivity contribution in [1.29, 1.82) is 0 Å². The number of carbonyl (C=O) groups is 1. The van der Waals surface area contributed by atoms with Crippen LogP contribution in [0.3, 0.4) is 0 Å². The molecule has 0 aliphatic rings. The summed E-state index contributed by atoms with van der Waals surface area (Å²) in [6.07, 6.45) is 4.23. The van der Waals surface area contributed by atoms with E-state index < -0.39 is 0 Å². The minimum Gasteiger partial charge on any atom is -0.399 e. The molecular formula is C17H18N2O. The van der Waals surface area contributed by atoms with Crippen LogP contribution >= 0.6 is 0 Å². The molecule has 3 N–H and O–H groups in total. The summed E-state index contributed by atoms with van der Waals surface area (Å²) in [5.74, 6) is -0.156. The highest BCUT2D eigenvalue weighted by molar-refractivity contribution is 6.01. The number of nitrogens with one attached hydrogen (secondary N) is 1. The SMILES string of the molecule is CCc1ccc(NC(=O)/C=C/c2cccc(N)c2)cc1. The lowest BCUT2D eigenvalue weighted by Crippen LogP contribution is -2.07. The molecule has 0 radical (unpaired) electrons. The van der Waals surface area contributed by atoms with E-state index in [9.17, 15) is 4.79 Å². The Hall–Kier alpha value is -2.55. The van der Waals surface area contributed by atoms with Crippen LogP contribution in [0.1, 0.15) is 18.1 Å². The van der Waals surface area contributed by atoms with Gasteiger partial charge in [-0.3, -0.25) is 4.79 Å². The van der Waals surface area contributed by atoms with E-state index >= 15 is 0 Å². The van der Waals surface area contributed by atoms with Crippen molar-refractivity contribution in [3.05, 3.63) is 65.7 Å². The number of rotatable bonds is 4. The molecule has 20 heavy (non-hydrogen) atoms. The summed E-state index contributed by atoms with van der Waals surface area (Å²) in [5.41, 5.74) is 9.31. The molecule has 2 rings (SSSR count). The second-order valence-electron chi connectivity index (χ2n) is 4.54. The third-order valence-electron chi connectivity index (χ3n) is 2.97. The van der Waals surface area contributed by atoms with Gasteiger partial charge in [-0.05, 0) is 47.9 Å². The number of nitrogen functional groups attached to an aromatic ring is 1. The summed E-state index contributed by atoms with van der Waals surface area (Å²) >= 11 is 0. The lowest BCUT2D eigenvalue weighted by Gasteiger charge is -2.03.